The van der Waals surface area contributed by atoms with Gasteiger partial charge in [0.15, 0.2) is 0 Å². The predicted octanol–water partition coefficient (Wildman–Crippen LogP) is 8.40. The third kappa shape index (κ3) is 10.2. The van der Waals surface area contributed by atoms with E-state index in [0.717, 1.165) is 33.8 Å². The van der Waals surface area contributed by atoms with Crippen LogP contribution in [-0.2, 0) is 14.8 Å². The van der Waals surface area contributed by atoms with Gasteiger partial charge in [-0.1, -0.05) is 105 Å². The van der Waals surface area contributed by atoms with Crippen LogP contribution in [0.3, 0.4) is 0 Å². The van der Waals surface area contributed by atoms with Crippen LogP contribution < -0.4 is 10.0 Å². The molecule has 8 heteroatoms. The summed E-state index contributed by atoms with van der Waals surface area (Å²) < 4.78 is 28.5. The van der Waals surface area contributed by atoms with Crippen LogP contribution in [0.5, 0.6) is 0 Å². The van der Waals surface area contributed by atoms with E-state index < -0.39 is 27.4 Å². The first-order valence-electron chi connectivity index (χ1n) is 14.3. The van der Waals surface area contributed by atoms with Gasteiger partial charge in [-0.15, -0.1) is 0 Å². The van der Waals surface area contributed by atoms with Crippen LogP contribution in [0.15, 0.2) is 113 Å². The molecule has 2 aliphatic rings. The lowest BCUT2D eigenvalue weighted by atomic mass is 10.1. The lowest BCUT2D eigenvalue weighted by Crippen LogP contribution is -2.44. The quantitative estimate of drug-likeness (QED) is 0.235. The first kappa shape index (κ1) is 34.8. The molecule has 0 heterocycles. The Balaban J connectivity index is 0.000000590. The number of halogens is 1. The number of allylic oxidation sites excluding steroid dienone is 7. The second-order valence-electron chi connectivity index (χ2n) is 9.71. The highest BCUT2D eigenvalue weighted by atomic mass is 35.5. The van der Waals surface area contributed by atoms with E-state index >= 15 is 0 Å². The average molecular weight is 611 g/mol. The summed E-state index contributed by atoms with van der Waals surface area (Å²) >= 11 is 5.54. The topological polar surface area (TPSA) is 95.5 Å². The van der Waals surface area contributed by atoms with Crippen molar-refractivity contribution in [3.05, 3.63) is 124 Å². The van der Waals surface area contributed by atoms with Crippen molar-refractivity contribution in [1.82, 2.24) is 4.72 Å². The molecule has 226 valence electrons. The van der Waals surface area contributed by atoms with E-state index in [1.165, 1.54) is 6.08 Å². The molecule has 0 radical (unpaired) electrons. The predicted molar refractivity (Wildman–Crippen MR) is 176 cm³/mol. The molecule has 42 heavy (non-hydrogen) atoms. The third-order valence-corrected chi connectivity index (χ3v) is 8.50. The fraction of sp³-hybridized carbons (Fsp3) is 0.324. The summed E-state index contributed by atoms with van der Waals surface area (Å²) in [5.74, 6) is -1.61. The second-order valence-corrected chi connectivity index (χ2v) is 11.8. The largest absolute Gasteiger partial charge is 0.480 e. The fourth-order valence-electron chi connectivity index (χ4n) is 4.28. The SMILES string of the molecule is C/C=C(\C=C/CC)CNc1cccc(C2CC2(NS(=O)(=O)C2=CCC=C(C)C=C2)C(=O)O)c1.CC.Clc1ccccc1. The van der Waals surface area contributed by atoms with Gasteiger partial charge >= 0.3 is 5.97 Å². The number of carboxylic acid groups (broad SMARTS) is 1. The van der Waals surface area contributed by atoms with Gasteiger partial charge < -0.3 is 10.4 Å². The number of benzene rings is 2. The highest BCUT2D eigenvalue weighted by Gasteiger charge is 2.63. The summed E-state index contributed by atoms with van der Waals surface area (Å²) in [6, 6.07) is 17.0. The molecule has 3 N–H and O–H groups in total. The number of aliphatic carboxylic acids is 1. The third-order valence-electron chi connectivity index (χ3n) is 6.70. The minimum absolute atomic E-state index is 0.0938. The molecule has 2 aliphatic carbocycles. The molecule has 0 amide bonds. The van der Waals surface area contributed by atoms with E-state index in [4.69, 9.17) is 11.6 Å². The molecule has 0 aliphatic heterocycles. The first-order valence-corrected chi connectivity index (χ1v) is 16.2. The van der Waals surface area contributed by atoms with E-state index in [1.54, 1.807) is 12.2 Å². The minimum Gasteiger partial charge on any atom is -0.480 e. The molecule has 6 nitrogen and oxygen atoms in total. The number of hydrogen-bond donors (Lipinski definition) is 3. The van der Waals surface area contributed by atoms with Gasteiger partial charge in [0.2, 0.25) is 10.0 Å². The van der Waals surface area contributed by atoms with Crippen molar-refractivity contribution in [3.63, 3.8) is 0 Å². The molecule has 2 aromatic rings. The van der Waals surface area contributed by atoms with Gasteiger partial charge in [0, 0.05) is 23.2 Å². The van der Waals surface area contributed by atoms with Crippen molar-refractivity contribution >= 4 is 33.3 Å². The second kappa shape index (κ2) is 16.9. The smallest absolute Gasteiger partial charge is 0.325 e. The standard InChI is InChI=1S/C26H32N2O4S.C6H5Cl.C2H6/c1-4-6-10-20(5-2)18-27-22-12-8-11-21(16-22)24-17-26(24,25(29)30)28-33(31,32)23-13-7-9-19(3)14-15-23;7-6-4-2-1-3-5-6;1-2/h5-6,8-16,24,27-28H,4,7,17-18H2,1-3H3,(H,29,30);1-5H;1-2H3/b10-6-,20-5+;;. The van der Waals surface area contributed by atoms with Crippen molar-refractivity contribution in [2.45, 2.75) is 65.3 Å². The zero-order valence-corrected chi connectivity index (χ0v) is 26.7. The van der Waals surface area contributed by atoms with Crippen molar-refractivity contribution in [1.29, 1.82) is 0 Å². The molecular weight excluding hydrogens is 568 g/mol. The monoisotopic (exact) mass is 610 g/mol. The molecule has 2 unspecified atom stereocenters. The molecular formula is C34H43ClN2O4S. The Morgan fingerprint density at radius 1 is 1.10 bits per heavy atom. The Kier molecular flexibility index (Phi) is 14.0. The highest BCUT2D eigenvalue weighted by molar-refractivity contribution is 7.93. The maximum atomic E-state index is 13.0. The maximum absolute atomic E-state index is 13.0. The summed E-state index contributed by atoms with van der Waals surface area (Å²) in [4.78, 5) is 12.3. The number of hydrogen-bond acceptors (Lipinski definition) is 4. The molecule has 1 fully saturated rings. The first-order chi connectivity index (χ1) is 20.1. The lowest BCUT2D eigenvalue weighted by Gasteiger charge is -2.16. The zero-order chi connectivity index (χ0) is 31.2. The highest BCUT2D eigenvalue weighted by Crippen LogP contribution is 2.52. The van der Waals surface area contributed by atoms with Gasteiger partial charge in [0.1, 0.15) is 5.54 Å². The van der Waals surface area contributed by atoms with Gasteiger partial charge in [-0.25, -0.2) is 8.42 Å². The van der Waals surface area contributed by atoms with Gasteiger partial charge in [-0.2, -0.15) is 4.72 Å². The minimum atomic E-state index is -3.98. The molecule has 4 rings (SSSR count). The van der Waals surface area contributed by atoms with Crippen molar-refractivity contribution in [3.8, 4) is 0 Å². The van der Waals surface area contributed by atoms with Crippen LogP contribution in [0, 0.1) is 0 Å². The molecule has 0 saturated heterocycles. The summed E-state index contributed by atoms with van der Waals surface area (Å²) in [5, 5.41) is 14.1. The van der Waals surface area contributed by atoms with E-state index in [2.05, 4.69) is 29.1 Å². The van der Waals surface area contributed by atoms with E-state index in [9.17, 15) is 18.3 Å². The van der Waals surface area contributed by atoms with Crippen LogP contribution in [0.2, 0.25) is 5.02 Å². The van der Waals surface area contributed by atoms with E-state index in [1.807, 2.05) is 94.4 Å². The normalized spacial score (nSPS) is 19.8. The van der Waals surface area contributed by atoms with Crippen LogP contribution in [-0.4, -0.2) is 31.6 Å². The van der Waals surface area contributed by atoms with Crippen LogP contribution in [0.4, 0.5) is 5.69 Å². The number of carbonyl (C=O) groups is 1. The Bertz CT molecular complexity index is 1440. The zero-order valence-electron chi connectivity index (χ0n) is 25.1. The summed E-state index contributed by atoms with van der Waals surface area (Å²) in [7, 11) is -3.98. The Hall–Kier alpha value is -3.39. The number of anilines is 1. The number of rotatable bonds is 10. The fourth-order valence-corrected chi connectivity index (χ4v) is 5.90. The average Bonchev–Trinajstić information content (AvgIpc) is 3.75. The summed E-state index contributed by atoms with van der Waals surface area (Å²) in [5.41, 5.74) is 2.22. The van der Waals surface area contributed by atoms with Crippen LogP contribution in [0.25, 0.3) is 0 Å². The molecule has 0 aromatic heterocycles. The molecule has 1 saturated carbocycles. The molecule has 2 aromatic carbocycles. The summed E-state index contributed by atoms with van der Waals surface area (Å²) in [6.07, 6.45) is 14.6. The Labute approximate surface area is 256 Å². The van der Waals surface area contributed by atoms with Gasteiger partial charge in [0.25, 0.3) is 0 Å². The van der Waals surface area contributed by atoms with Gasteiger partial charge in [0.05, 0.1) is 4.91 Å². The molecule has 0 spiro atoms. The van der Waals surface area contributed by atoms with Gasteiger partial charge in [-0.3, -0.25) is 4.79 Å². The molecule has 2 atom stereocenters. The number of carboxylic acids is 1. The van der Waals surface area contributed by atoms with Crippen LogP contribution >= 0.6 is 11.6 Å². The van der Waals surface area contributed by atoms with Crippen molar-refractivity contribution in [2.75, 3.05) is 11.9 Å². The summed E-state index contributed by atoms with van der Waals surface area (Å²) in [6.45, 7) is 10.6. The van der Waals surface area contributed by atoms with Gasteiger partial charge in [-0.05, 0) is 74.6 Å². The Morgan fingerprint density at radius 2 is 1.81 bits per heavy atom. The number of nitrogens with one attached hydrogen (secondary N) is 2. The van der Waals surface area contributed by atoms with E-state index in [0.29, 0.717) is 13.0 Å². The lowest BCUT2D eigenvalue weighted by molar-refractivity contribution is -0.140. The number of sulfonamides is 1. The maximum Gasteiger partial charge on any atom is 0.325 e. The van der Waals surface area contributed by atoms with Crippen molar-refractivity contribution < 1.29 is 18.3 Å². The van der Waals surface area contributed by atoms with Crippen LogP contribution in [0.1, 0.15) is 65.4 Å². The van der Waals surface area contributed by atoms with Crippen molar-refractivity contribution in [2.24, 2.45) is 0 Å². The Morgan fingerprint density at radius 3 is 2.40 bits per heavy atom. The van der Waals surface area contributed by atoms with E-state index in [-0.39, 0.29) is 11.3 Å². The molecule has 0 bridgehead atoms.